The van der Waals surface area contributed by atoms with E-state index in [1.165, 1.54) is 0 Å². The summed E-state index contributed by atoms with van der Waals surface area (Å²) >= 11 is 0. The molecule has 2 rings (SSSR count). The maximum absolute atomic E-state index is 10.8. The van der Waals surface area contributed by atoms with Gasteiger partial charge < -0.3 is 18.9 Å². The number of rotatable bonds is 10. The van der Waals surface area contributed by atoms with E-state index in [0.717, 1.165) is 17.8 Å². The van der Waals surface area contributed by atoms with E-state index in [1.54, 1.807) is 25.3 Å². The SMILES string of the molecule is COc1ccc(OCCOCCOc2ccccc2C=O)cc1. The van der Waals surface area contributed by atoms with Gasteiger partial charge in [0.25, 0.3) is 0 Å². The van der Waals surface area contributed by atoms with Crippen molar-refractivity contribution in [3.05, 3.63) is 54.1 Å². The van der Waals surface area contributed by atoms with Gasteiger partial charge in [0.1, 0.15) is 30.5 Å². The number of carbonyl (C=O) groups is 1. The molecule has 0 aliphatic rings. The molecule has 0 spiro atoms. The van der Waals surface area contributed by atoms with Crippen LogP contribution in [-0.2, 0) is 4.74 Å². The van der Waals surface area contributed by atoms with Gasteiger partial charge in [0, 0.05) is 0 Å². The summed E-state index contributed by atoms with van der Waals surface area (Å²) in [5.41, 5.74) is 0.537. The van der Waals surface area contributed by atoms with Crippen LogP contribution in [0.3, 0.4) is 0 Å². The fourth-order valence-electron chi connectivity index (χ4n) is 1.91. The van der Waals surface area contributed by atoms with Crippen molar-refractivity contribution in [1.82, 2.24) is 0 Å². The van der Waals surface area contributed by atoms with Crippen LogP contribution in [-0.4, -0.2) is 39.8 Å². The molecule has 23 heavy (non-hydrogen) atoms. The number of methoxy groups -OCH3 is 1. The first-order chi connectivity index (χ1) is 11.3. The highest BCUT2D eigenvalue weighted by atomic mass is 16.5. The first-order valence-electron chi connectivity index (χ1n) is 7.35. The lowest BCUT2D eigenvalue weighted by molar-refractivity contribution is 0.0761. The Hall–Kier alpha value is -2.53. The molecule has 0 heterocycles. The van der Waals surface area contributed by atoms with E-state index in [0.29, 0.717) is 37.7 Å². The zero-order valence-electron chi connectivity index (χ0n) is 13.1. The Kier molecular flexibility index (Phi) is 6.94. The first-order valence-corrected chi connectivity index (χ1v) is 7.35. The second-order valence-corrected chi connectivity index (χ2v) is 4.64. The average molecular weight is 316 g/mol. The molecule has 0 atom stereocenters. The molecule has 0 radical (unpaired) electrons. The van der Waals surface area contributed by atoms with Crippen molar-refractivity contribution in [2.45, 2.75) is 0 Å². The van der Waals surface area contributed by atoms with E-state index >= 15 is 0 Å². The Morgan fingerprint density at radius 1 is 0.826 bits per heavy atom. The van der Waals surface area contributed by atoms with Crippen molar-refractivity contribution in [3.63, 3.8) is 0 Å². The number of hydrogen-bond donors (Lipinski definition) is 0. The van der Waals surface area contributed by atoms with Crippen LogP contribution in [0.1, 0.15) is 10.4 Å². The minimum Gasteiger partial charge on any atom is -0.497 e. The third-order valence-electron chi connectivity index (χ3n) is 3.09. The normalized spacial score (nSPS) is 10.1. The van der Waals surface area contributed by atoms with Gasteiger partial charge in [-0.15, -0.1) is 0 Å². The first kappa shape index (κ1) is 16.8. The highest BCUT2D eigenvalue weighted by Gasteiger charge is 2.01. The van der Waals surface area contributed by atoms with Gasteiger partial charge in [-0.1, -0.05) is 12.1 Å². The van der Waals surface area contributed by atoms with E-state index in [1.807, 2.05) is 30.3 Å². The van der Waals surface area contributed by atoms with Crippen LogP contribution in [0.4, 0.5) is 0 Å². The average Bonchev–Trinajstić information content (AvgIpc) is 2.61. The number of ether oxygens (including phenoxy) is 4. The molecular formula is C18H20O5. The number of hydrogen-bond acceptors (Lipinski definition) is 5. The fourth-order valence-corrected chi connectivity index (χ4v) is 1.91. The molecule has 2 aromatic carbocycles. The van der Waals surface area contributed by atoms with E-state index in [4.69, 9.17) is 18.9 Å². The van der Waals surface area contributed by atoms with Crippen LogP contribution < -0.4 is 14.2 Å². The van der Waals surface area contributed by atoms with Crippen LogP contribution in [0.5, 0.6) is 17.2 Å². The van der Waals surface area contributed by atoms with Crippen LogP contribution in [0, 0.1) is 0 Å². The third kappa shape index (κ3) is 5.64. The highest BCUT2D eigenvalue weighted by Crippen LogP contribution is 2.17. The van der Waals surface area contributed by atoms with Gasteiger partial charge in [-0.05, 0) is 36.4 Å². The molecular weight excluding hydrogens is 296 g/mol. The van der Waals surface area contributed by atoms with Gasteiger partial charge in [0.05, 0.1) is 25.9 Å². The summed E-state index contributed by atoms with van der Waals surface area (Å²) in [6, 6.07) is 14.5. The van der Waals surface area contributed by atoms with Crippen molar-refractivity contribution in [2.75, 3.05) is 33.5 Å². The Morgan fingerprint density at radius 2 is 1.48 bits per heavy atom. The Bertz CT molecular complexity index is 595. The van der Waals surface area contributed by atoms with Crippen LogP contribution in [0.2, 0.25) is 0 Å². The van der Waals surface area contributed by atoms with Gasteiger partial charge in [-0.25, -0.2) is 0 Å². The van der Waals surface area contributed by atoms with Crippen LogP contribution in [0.15, 0.2) is 48.5 Å². The molecule has 0 bridgehead atoms. The molecule has 0 aromatic heterocycles. The zero-order chi connectivity index (χ0) is 16.3. The predicted molar refractivity (Wildman–Crippen MR) is 86.6 cm³/mol. The molecule has 0 aliphatic carbocycles. The van der Waals surface area contributed by atoms with E-state index < -0.39 is 0 Å². The molecule has 5 nitrogen and oxygen atoms in total. The summed E-state index contributed by atoms with van der Waals surface area (Å²) in [4.78, 5) is 10.8. The van der Waals surface area contributed by atoms with Crippen molar-refractivity contribution in [2.24, 2.45) is 0 Å². The molecule has 122 valence electrons. The number of aldehydes is 1. The van der Waals surface area contributed by atoms with Crippen LogP contribution in [0.25, 0.3) is 0 Å². The fraction of sp³-hybridized carbons (Fsp3) is 0.278. The van der Waals surface area contributed by atoms with E-state index in [9.17, 15) is 4.79 Å². The van der Waals surface area contributed by atoms with Crippen molar-refractivity contribution < 1.29 is 23.7 Å². The van der Waals surface area contributed by atoms with Crippen molar-refractivity contribution >= 4 is 6.29 Å². The molecule has 0 fully saturated rings. The lowest BCUT2D eigenvalue weighted by Gasteiger charge is -2.10. The van der Waals surface area contributed by atoms with Gasteiger partial charge in [-0.2, -0.15) is 0 Å². The zero-order valence-corrected chi connectivity index (χ0v) is 13.1. The Labute approximate surface area is 135 Å². The Balaban J connectivity index is 1.58. The second kappa shape index (κ2) is 9.48. The molecule has 0 saturated carbocycles. The molecule has 2 aromatic rings. The molecule has 0 saturated heterocycles. The summed E-state index contributed by atoms with van der Waals surface area (Å²) in [6.45, 7) is 1.73. The predicted octanol–water partition coefficient (Wildman–Crippen LogP) is 2.98. The Morgan fingerprint density at radius 3 is 2.17 bits per heavy atom. The van der Waals surface area contributed by atoms with Crippen molar-refractivity contribution in [1.29, 1.82) is 0 Å². The lowest BCUT2D eigenvalue weighted by atomic mass is 10.2. The minimum absolute atomic E-state index is 0.382. The second-order valence-electron chi connectivity index (χ2n) is 4.64. The summed E-state index contributed by atoms with van der Waals surface area (Å²) in [5, 5.41) is 0. The lowest BCUT2D eigenvalue weighted by Crippen LogP contribution is -2.12. The standard InChI is InChI=1S/C18H20O5/c1-20-16-6-8-17(9-7-16)22-12-10-21-11-13-23-18-5-3-2-4-15(18)14-19/h2-9,14H,10-13H2,1H3. The maximum atomic E-state index is 10.8. The van der Waals surface area contributed by atoms with Crippen LogP contribution >= 0.6 is 0 Å². The van der Waals surface area contributed by atoms with Gasteiger partial charge in [0.15, 0.2) is 6.29 Å². The summed E-state index contributed by atoms with van der Waals surface area (Å²) in [5.74, 6) is 2.13. The van der Waals surface area contributed by atoms with Gasteiger partial charge in [0.2, 0.25) is 0 Å². The highest BCUT2D eigenvalue weighted by molar-refractivity contribution is 5.79. The van der Waals surface area contributed by atoms with Gasteiger partial charge in [-0.3, -0.25) is 4.79 Å². The summed E-state index contributed by atoms with van der Waals surface area (Å²) < 4.78 is 21.6. The number of benzene rings is 2. The smallest absolute Gasteiger partial charge is 0.153 e. The van der Waals surface area contributed by atoms with E-state index in [-0.39, 0.29) is 0 Å². The quantitative estimate of drug-likeness (QED) is 0.498. The number of para-hydroxylation sites is 1. The summed E-state index contributed by atoms with van der Waals surface area (Å²) in [6.07, 6.45) is 0.777. The maximum Gasteiger partial charge on any atom is 0.153 e. The topological polar surface area (TPSA) is 54.0 Å². The minimum atomic E-state index is 0.382. The van der Waals surface area contributed by atoms with Crippen molar-refractivity contribution in [3.8, 4) is 17.2 Å². The largest absolute Gasteiger partial charge is 0.497 e. The number of carbonyl (C=O) groups excluding carboxylic acids is 1. The van der Waals surface area contributed by atoms with Gasteiger partial charge >= 0.3 is 0 Å². The molecule has 0 N–H and O–H groups in total. The molecule has 0 aliphatic heterocycles. The summed E-state index contributed by atoms with van der Waals surface area (Å²) in [7, 11) is 1.62. The van der Waals surface area contributed by atoms with E-state index in [2.05, 4.69) is 0 Å². The molecule has 5 heteroatoms. The third-order valence-corrected chi connectivity index (χ3v) is 3.09. The monoisotopic (exact) mass is 316 g/mol. The molecule has 0 unspecified atom stereocenters. The molecule has 0 amide bonds.